The number of esters is 1. The fraction of sp³-hybridized carbons (Fsp3) is 0.286. The summed E-state index contributed by atoms with van der Waals surface area (Å²) in [5.41, 5.74) is 1.92. The Morgan fingerprint density at radius 2 is 1.69 bits per heavy atom. The van der Waals surface area contributed by atoms with Gasteiger partial charge >= 0.3 is 11.8 Å². The van der Waals surface area contributed by atoms with E-state index in [1.165, 1.54) is 0 Å². The van der Waals surface area contributed by atoms with Crippen molar-refractivity contribution in [2.24, 2.45) is 0 Å². The zero-order valence-electron chi connectivity index (χ0n) is 15.3. The molecule has 1 aromatic heterocycles. The van der Waals surface area contributed by atoms with Crippen LogP contribution in [-0.2, 0) is 11.3 Å². The number of carbonyl (C=O) groups excluding carboxylic acids is 1. The molecule has 0 radical (unpaired) electrons. The van der Waals surface area contributed by atoms with Gasteiger partial charge in [0.1, 0.15) is 5.69 Å². The highest BCUT2D eigenvalue weighted by molar-refractivity contribution is 5.84. The molecule has 0 unspecified atom stereocenters. The molecule has 0 saturated heterocycles. The van der Waals surface area contributed by atoms with Gasteiger partial charge in [0.25, 0.3) is 5.82 Å². The molecule has 0 saturated carbocycles. The van der Waals surface area contributed by atoms with Crippen molar-refractivity contribution in [3.8, 4) is 17.1 Å². The molecule has 0 amide bonds. The molecule has 0 aliphatic carbocycles. The van der Waals surface area contributed by atoms with Gasteiger partial charge in [-0.2, -0.15) is 0 Å². The van der Waals surface area contributed by atoms with Gasteiger partial charge in [0.15, 0.2) is 0 Å². The molecular weight excluding hydrogens is 326 g/mol. The van der Waals surface area contributed by atoms with E-state index in [0.29, 0.717) is 19.0 Å². The molecule has 3 rings (SSSR count). The molecule has 2 aromatic carbocycles. The fourth-order valence-electron chi connectivity index (χ4n) is 2.90. The predicted octanol–water partition coefficient (Wildman–Crippen LogP) is 3.80. The highest BCUT2D eigenvalue weighted by atomic mass is 16.5. The largest absolute Gasteiger partial charge is 0.458 e. The number of hydrogen-bond acceptors (Lipinski definition) is 3. The Kier molecular flexibility index (Phi) is 5.79. The van der Waals surface area contributed by atoms with Gasteiger partial charge in [-0.25, -0.2) is 9.36 Å². The third-order valence-corrected chi connectivity index (χ3v) is 4.13. The molecule has 0 atom stereocenters. The van der Waals surface area contributed by atoms with Crippen LogP contribution >= 0.6 is 0 Å². The van der Waals surface area contributed by atoms with Crippen molar-refractivity contribution in [2.45, 2.75) is 33.2 Å². The van der Waals surface area contributed by atoms with Gasteiger partial charge < -0.3 is 4.74 Å². The third kappa shape index (κ3) is 3.67. The summed E-state index contributed by atoms with van der Waals surface area (Å²) in [5.74, 6) is 0.826. The van der Waals surface area contributed by atoms with Crippen LogP contribution in [-0.4, -0.2) is 22.4 Å². The lowest BCUT2D eigenvalue weighted by molar-refractivity contribution is -0.689. The van der Waals surface area contributed by atoms with E-state index in [2.05, 4.69) is 12.0 Å². The maximum Gasteiger partial charge on any atom is 0.412 e. The molecule has 0 spiro atoms. The first kappa shape index (κ1) is 17.9. The van der Waals surface area contributed by atoms with Gasteiger partial charge in [0, 0.05) is 0 Å². The molecule has 5 heteroatoms. The quantitative estimate of drug-likeness (QED) is 0.481. The van der Waals surface area contributed by atoms with Crippen LogP contribution in [0.4, 0.5) is 0 Å². The fourth-order valence-corrected chi connectivity index (χ4v) is 2.90. The number of para-hydroxylation sites is 1. The summed E-state index contributed by atoms with van der Waals surface area (Å²) >= 11 is 0. The summed E-state index contributed by atoms with van der Waals surface area (Å²) in [6.07, 6.45) is 1.98. The van der Waals surface area contributed by atoms with Crippen molar-refractivity contribution in [2.75, 3.05) is 6.61 Å². The second-order valence-electron chi connectivity index (χ2n) is 5.99. The van der Waals surface area contributed by atoms with Crippen LogP contribution < -0.4 is 4.57 Å². The number of ether oxygens (including phenoxy) is 1. The van der Waals surface area contributed by atoms with E-state index in [1.54, 1.807) is 6.92 Å². The lowest BCUT2D eigenvalue weighted by atomic mass is 10.2. The van der Waals surface area contributed by atoms with Crippen molar-refractivity contribution in [3.05, 3.63) is 66.5 Å². The first-order valence-electron chi connectivity index (χ1n) is 9.07. The summed E-state index contributed by atoms with van der Waals surface area (Å²) in [4.78, 5) is 12.5. The third-order valence-electron chi connectivity index (χ3n) is 4.13. The number of unbranched alkanes of at least 4 members (excludes halogenated alkanes) is 1. The Morgan fingerprint density at radius 1 is 1.04 bits per heavy atom. The predicted molar refractivity (Wildman–Crippen MR) is 100 cm³/mol. The first-order valence-corrected chi connectivity index (χ1v) is 9.07. The highest BCUT2D eigenvalue weighted by Gasteiger charge is 2.33. The van der Waals surface area contributed by atoms with Crippen molar-refractivity contribution in [1.82, 2.24) is 9.78 Å². The van der Waals surface area contributed by atoms with Gasteiger partial charge in [-0.15, -0.1) is 0 Å². The number of aromatic nitrogens is 3. The van der Waals surface area contributed by atoms with E-state index in [0.717, 1.165) is 29.9 Å². The molecule has 134 valence electrons. The smallest absolute Gasteiger partial charge is 0.412 e. The minimum atomic E-state index is -0.393. The van der Waals surface area contributed by atoms with Crippen molar-refractivity contribution in [1.29, 1.82) is 0 Å². The number of nitrogens with zero attached hydrogens (tertiary/aromatic N) is 3. The van der Waals surface area contributed by atoms with E-state index in [1.807, 2.05) is 69.9 Å². The summed E-state index contributed by atoms with van der Waals surface area (Å²) in [6, 6.07) is 19.9. The SMILES string of the molecule is CCCC[n+]1c(C(=O)OCC)nn(-c2ccccc2)c1-c1ccccc1. The standard InChI is InChI=1S/C21H24N3O2/c1-3-5-16-23-19(21(25)26-4-2)22-24(18-14-10-7-11-15-18)20(23)17-12-8-6-9-13-17/h6-15H,3-5,16H2,1-2H3/q+1. The summed E-state index contributed by atoms with van der Waals surface area (Å²) < 4.78 is 9.06. The van der Waals surface area contributed by atoms with E-state index in [9.17, 15) is 4.79 Å². The Hall–Kier alpha value is -2.95. The van der Waals surface area contributed by atoms with Crippen molar-refractivity contribution >= 4 is 5.97 Å². The van der Waals surface area contributed by atoms with E-state index in [4.69, 9.17) is 4.74 Å². The van der Waals surface area contributed by atoms with Gasteiger partial charge in [-0.05, 0) is 37.6 Å². The second kappa shape index (κ2) is 8.43. The number of carbonyl (C=O) groups is 1. The minimum Gasteiger partial charge on any atom is -0.458 e. The van der Waals surface area contributed by atoms with E-state index < -0.39 is 5.97 Å². The monoisotopic (exact) mass is 350 g/mol. The average Bonchev–Trinajstić information content (AvgIpc) is 3.07. The Bertz CT molecular complexity index is 858. The van der Waals surface area contributed by atoms with Crippen LogP contribution in [0.3, 0.4) is 0 Å². The minimum absolute atomic E-state index is 0.325. The van der Waals surface area contributed by atoms with E-state index in [-0.39, 0.29) is 0 Å². The number of hydrogen-bond donors (Lipinski definition) is 0. The van der Waals surface area contributed by atoms with Crippen LogP contribution in [0.5, 0.6) is 0 Å². The second-order valence-corrected chi connectivity index (χ2v) is 5.99. The average molecular weight is 350 g/mol. The van der Waals surface area contributed by atoms with E-state index >= 15 is 0 Å². The molecule has 1 heterocycles. The van der Waals surface area contributed by atoms with Crippen LogP contribution in [0, 0.1) is 0 Å². The van der Waals surface area contributed by atoms with Crippen molar-refractivity contribution < 1.29 is 14.1 Å². The summed E-state index contributed by atoms with van der Waals surface area (Å²) in [7, 11) is 0. The Morgan fingerprint density at radius 3 is 2.31 bits per heavy atom. The Labute approximate surface area is 153 Å². The molecule has 0 aliphatic rings. The molecule has 0 fully saturated rings. The summed E-state index contributed by atoms with van der Waals surface area (Å²) in [6.45, 7) is 4.97. The molecule has 5 nitrogen and oxygen atoms in total. The maximum absolute atomic E-state index is 12.5. The Balaban J connectivity index is 2.24. The lowest BCUT2D eigenvalue weighted by Crippen LogP contribution is -2.41. The highest BCUT2D eigenvalue weighted by Crippen LogP contribution is 2.20. The van der Waals surface area contributed by atoms with Gasteiger partial charge in [0.05, 0.1) is 23.8 Å². The zero-order valence-corrected chi connectivity index (χ0v) is 15.3. The molecular formula is C21H24N3O2+. The van der Waals surface area contributed by atoms with Gasteiger partial charge in [-0.1, -0.05) is 54.4 Å². The zero-order chi connectivity index (χ0) is 18.4. The molecule has 3 aromatic rings. The summed E-state index contributed by atoms with van der Waals surface area (Å²) in [5, 5.41) is 4.63. The van der Waals surface area contributed by atoms with Crippen LogP contribution in [0.1, 0.15) is 37.3 Å². The van der Waals surface area contributed by atoms with Crippen molar-refractivity contribution in [3.63, 3.8) is 0 Å². The molecule has 0 N–H and O–H groups in total. The molecule has 0 aliphatic heterocycles. The first-order chi connectivity index (χ1) is 12.8. The maximum atomic E-state index is 12.5. The molecule has 26 heavy (non-hydrogen) atoms. The molecule has 0 bridgehead atoms. The topological polar surface area (TPSA) is 48.0 Å². The lowest BCUT2D eigenvalue weighted by Gasteiger charge is -2.05. The number of rotatable bonds is 7. The van der Waals surface area contributed by atoms with Crippen LogP contribution in [0.25, 0.3) is 17.1 Å². The number of benzene rings is 2. The normalized spacial score (nSPS) is 10.7. The van der Waals surface area contributed by atoms with Crippen LogP contribution in [0.15, 0.2) is 60.7 Å². The van der Waals surface area contributed by atoms with Gasteiger partial charge in [-0.3, -0.25) is 0 Å². The van der Waals surface area contributed by atoms with Gasteiger partial charge in [0.2, 0.25) is 0 Å². The van der Waals surface area contributed by atoms with Crippen LogP contribution in [0.2, 0.25) is 0 Å².